The maximum atomic E-state index is 12.7. The van der Waals surface area contributed by atoms with E-state index in [4.69, 9.17) is 9.47 Å². The molecule has 0 saturated heterocycles. The third-order valence-electron chi connectivity index (χ3n) is 7.42. The minimum atomic E-state index is -1.19. The van der Waals surface area contributed by atoms with Gasteiger partial charge in [0.05, 0.1) is 25.4 Å². The van der Waals surface area contributed by atoms with E-state index in [0.29, 0.717) is 18.7 Å². The first-order valence-corrected chi connectivity index (χ1v) is 13.4. The normalized spacial score (nSPS) is 13.3. The third-order valence-corrected chi connectivity index (χ3v) is 7.42. The molecule has 4 aromatic rings. The van der Waals surface area contributed by atoms with Crippen LogP contribution in [0.15, 0.2) is 66.7 Å². The largest absolute Gasteiger partial charge is 1.00 e. The van der Waals surface area contributed by atoms with Crippen LogP contribution >= 0.6 is 0 Å². The number of methoxy groups -OCH3 is 1. The number of carboxylic acids is 1. The van der Waals surface area contributed by atoms with Crippen molar-refractivity contribution in [3.63, 3.8) is 0 Å². The molecule has 0 unspecified atom stereocenters. The van der Waals surface area contributed by atoms with E-state index in [0.717, 1.165) is 52.3 Å². The number of hydrogen-bond donors (Lipinski definition) is 0. The zero-order valence-corrected chi connectivity index (χ0v) is 25.8. The molecule has 5 rings (SSSR count). The van der Waals surface area contributed by atoms with Gasteiger partial charge in [-0.2, -0.15) is 0 Å². The number of carbonyl (C=O) groups excluding carboxylic acids is 1. The van der Waals surface area contributed by atoms with Crippen LogP contribution in [0, 0.1) is 5.92 Å². The van der Waals surface area contributed by atoms with E-state index in [9.17, 15) is 9.90 Å². The number of hydrogen-bond acceptors (Lipinski definition) is 4. The second-order valence-corrected chi connectivity index (χ2v) is 11.4. The molecule has 3 aromatic carbocycles. The van der Waals surface area contributed by atoms with Gasteiger partial charge in [0.2, 0.25) is 0 Å². The number of aromatic nitrogens is 1. The van der Waals surface area contributed by atoms with Gasteiger partial charge in [-0.05, 0) is 77.1 Å². The zero-order chi connectivity index (χ0) is 26.9. The molecule has 0 spiro atoms. The Morgan fingerprint density at radius 3 is 2.38 bits per heavy atom. The summed E-state index contributed by atoms with van der Waals surface area (Å²) >= 11 is 0. The third kappa shape index (κ3) is 6.78. The quantitative estimate of drug-likeness (QED) is 0.232. The van der Waals surface area contributed by atoms with Gasteiger partial charge in [-0.25, -0.2) is 0 Å². The van der Waals surface area contributed by atoms with Crippen molar-refractivity contribution in [2.75, 3.05) is 20.3 Å². The van der Waals surface area contributed by atoms with Gasteiger partial charge >= 0.3 is 29.6 Å². The monoisotopic (exact) mass is 533 g/mol. The maximum Gasteiger partial charge on any atom is 1.00 e. The first-order chi connectivity index (χ1) is 18.2. The molecule has 0 N–H and O–H groups in total. The fourth-order valence-corrected chi connectivity index (χ4v) is 5.04. The molecule has 198 valence electrons. The maximum absolute atomic E-state index is 12.7. The van der Waals surface area contributed by atoms with Crippen molar-refractivity contribution < 1.29 is 48.9 Å². The van der Waals surface area contributed by atoms with Gasteiger partial charge in [0.25, 0.3) is 0 Å². The number of benzene rings is 3. The molecule has 1 saturated carbocycles. The molecule has 0 amide bonds. The van der Waals surface area contributed by atoms with E-state index in [1.165, 1.54) is 18.4 Å². The fraction of sp³-hybridized carbons (Fsp3) is 0.364. The summed E-state index contributed by atoms with van der Waals surface area (Å²) in [6, 6.07) is 22.2. The Morgan fingerprint density at radius 2 is 1.74 bits per heavy atom. The van der Waals surface area contributed by atoms with Crippen molar-refractivity contribution in [1.29, 1.82) is 0 Å². The average Bonchev–Trinajstić information content (AvgIpc) is 3.67. The van der Waals surface area contributed by atoms with E-state index in [1.807, 2.05) is 47.0 Å². The number of fused-ring (bicyclic) bond motifs is 1. The van der Waals surface area contributed by atoms with Gasteiger partial charge < -0.3 is 23.9 Å². The second-order valence-electron chi connectivity index (χ2n) is 11.4. The standard InChI is InChI=1S/C33H37NO4.Na/c1-33(2,3)26-13-11-25(12-14-26)30-28-19-22(16-17-38-21-23-8-9-23)10-15-29(28)34(31(30)32(35)36)20-24-6-5-7-27(18-24)37-4;/h5-7,10-15,18-19,23H,8-9,16-17,20-21H2,1-4H3,(H,35,36);/q;+1/p-1. The summed E-state index contributed by atoms with van der Waals surface area (Å²) in [4.78, 5) is 12.7. The molecule has 5 nitrogen and oxygen atoms in total. The van der Waals surface area contributed by atoms with Gasteiger partial charge in [-0.1, -0.05) is 63.2 Å². The predicted molar refractivity (Wildman–Crippen MR) is 150 cm³/mol. The van der Waals surface area contributed by atoms with Crippen LogP contribution in [0.5, 0.6) is 5.75 Å². The van der Waals surface area contributed by atoms with Crippen molar-refractivity contribution in [2.24, 2.45) is 5.92 Å². The van der Waals surface area contributed by atoms with Crippen molar-refractivity contribution >= 4 is 16.9 Å². The SMILES string of the molecule is COc1cccc(Cn2c(C(=O)[O-])c(-c3ccc(C(C)(C)C)cc3)c3cc(CCOCC4CC4)ccc32)c1.[Na+]. The van der Waals surface area contributed by atoms with E-state index in [2.05, 4.69) is 45.0 Å². The predicted octanol–water partition coefficient (Wildman–Crippen LogP) is 3.00. The first-order valence-electron chi connectivity index (χ1n) is 13.4. The average molecular weight is 534 g/mol. The van der Waals surface area contributed by atoms with Crippen LogP contribution < -0.4 is 39.4 Å². The minimum Gasteiger partial charge on any atom is -0.543 e. The van der Waals surface area contributed by atoms with Gasteiger partial charge in [-0.3, -0.25) is 0 Å². The van der Waals surface area contributed by atoms with Gasteiger partial charge in [0, 0.05) is 29.6 Å². The number of carboxylic acid groups (broad SMARTS) is 1. The van der Waals surface area contributed by atoms with Gasteiger partial charge in [0.1, 0.15) is 5.75 Å². The Morgan fingerprint density at radius 1 is 1.00 bits per heavy atom. The van der Waals surface area contributed by atoms with Gasteiger partial charge in [-0.15, -0.1) is 0 Å². The number of carbonyl (C=O) groups is 1. The fourth-order valence-electron chi connectivity index (χ4n) is 5.04. The molecule has 39 heavy (non-hydrogen) atoms. The Balaban J connectivity index is 0.00000353. The topological polar surface area (TPSA) is 63.5 Å². The van der Waals surface area contributed by atoms with Crippen molar-refractivity contribution in [2.45, 2.75) is 52.0 Å². The number of rotatable bonds is 10. The van der Waals surface area contributed by atoms with Crippen LogP contribution in [-0.4, -0.2) is 30.9 Å². The molecule has 1 fully saturated rings. The van der Waals surface area contributed by atoms with Crippen molar-refractivity contribution in [1.82, 2.24) is 4.57 Å². The number of nitrogens with zero attached hydrogens (tertiary/aromatic N) is 1. The summed E-state index contributed by atoms with van der Waals surface area (Å²) in [5, 5.41) is 13.6. The second kappa shape index (κ2) is 12.3. The molecule has 0 aliphatic heterocycles. The van der Waals surface area contributed by atoms with E-state index in [1.54, 1.807) is 7.11 Å². The summed E-state index contributed by atoms with van der Waals surface area (Å²) in [5.74, 6) is 0.283. The summed E-state index contributed by atoms with van der Waals surface area (Å²) in [7, 11) is 1.63. The molecule has 1 heterocycles. The molecule has 0 bridgehead atoms. The number of ether oxygens (including phenoxy) is 2. The minimum absolute atomic E-state index is 0. The smallest absolute Gasteiger partial charge is 0.543 e. The molecule has 0 radical (unpaired) electrons. The zero-order valence-electron chi connectivity index (χ0n) is 23.8. The Labute approximate surface area is 253 Å². The number of aromatic carboxylic acids is 1. The van der Waals surface area contributed by atoms with E-state index < -0.39 is 5.97 Å². The molecular formula is C33H36NNaO4. The summed E-state index contributed by atoms with van der Waals surface area (Å²) in [5.41, 5.74) is 5.91. The van der Waals surface area contributed by atoms with Crippen LogP contribution in [0.3, 0.4) is 0 Å². The van der Waals surface area contributed by atoms with Crippen molar-refractivity contribution in [3.05, 3.63) is 89.1 Å². The van der Waals surface area contributed by atoms with Crippen molar-refractivity contribution in [3.8, 4) is 16.9 Å². The van der Waals surface area contributed by atoms with Gasteiger partial charge in [0.15, 0.2) is 0 Å². The van der Waals surface area contributed by atoms with Crippen LogP contribution in [0.2, 0.25) is 0 Å². The van der Waals surface area contributed by atoms with E-state index >= 15 is 0 Å². The van der Waals surface area contributed by atoms with Crippen LogP contribution in [0.4, 0.5) is 0 Å². The molecule has 1 aliphatic rings. The summed E-state index contributed by atoms with van der Waals surface area (Å²) < 4.78 is 13.1. The van der Waals surface area contributed by atoms with Crippen LogP contribution in [0.25, 0.3) is 22.0 Å². The molecule has 1 aliphatic carbocycles. The molecule has 1 aromatic heterocycles. The Hall–Kier alpha value is -2.57. The summed E-state index contributed by atoms with van der Waals surface area (Å²) in [6.45, 7) is 8.40. The van der Waals surface area contributed by atoms with Crippen LogP contribution in [0.1, 0.15) is 60.8 Å². The Kier molecular flexibility index (Phi) is 9.28. The molecule has 6 heteroatoms. The first kappa shape index (κ1) is 29.4. The van der Waals surface area contributed by atoms with E-state index in [-0.39, 0.29) is 40.7 Å². The molecular weight excluding hydrogens is 497 g/mol. The molecule has 0 atom stereocenters. The summed E-state index contributed by atoms with van der Waals surface area (Å²) in [6.07, 6.45) is 3.33. The Bertz CT molecular complexity index is 1450. The van der Waals surface area contributed by atoms with Crippen LogP contribution in [-0.2, 0) is 23.1 Å².